The predicted octanol–water partition coefficient (Wildman–Crippen LogP) is 16.6. The van der Waals surface area contributed by atoms with Crippen molar-refractivity contribution in [3.8, 4) is 33.4 Å². The molecule has 0 aliphatic heterocycles. The Balaban J connectivity index is 1.26. The minimum Gasteiger partial charge on any atom is -0.310 e. The van der Waals surface area contributed by atoms with E-state index in [-0.39, 0.29) is 27.1 Å². The van der Waals surface area contributed by atoms with Gasteiger partial charge in [-0.15, -0.1) is 0 Å². The number of benzene rings is 7. The zero-order valence-corrected chi connectivity index (χ0v) is 37.6. The third kappa shape index (κ3) is 6.01. The van der Waals surface area contributed by atoms with Gasteiger partial charge >= 0.3 is 0 Å². The van der Waals surface area contributed by atoms with Crippen LogP contribution in [0.3, 0.4) is 0 Å². The fourth-order valence-corrected chi connectivity index (χ4v) is 11.4. The summed E-state index contributed by atoms with van der Waals surface area (Å²) in [5.41, 5.74) is 20.4. The fourth-order valence-electron chi connectivity index (χ4n) is 11.4. The van der Waals surface area contributed by atoms with E-state index in [9.17, 15) is 0 Å². The molecule has 0 unspecified atom stereocenters. The Labute approximate surface area is 359 Å². The molecule has 60 heavy (non-hydrogen) atoms. The van der Waals surface area contributed by atoms with E-state index in [2.05, 4.69) is 214 Å². The van der Waals surface area contributed by atoms with Crippen molar-refractivity contribution in [2.45, 2.75) is 122 Å². The first-order valence-corrected chi connectivity index (χ1v) is 22.4. The maximum absolute atomic E-state index is 2.61. The lowest BCUT2D eigenvalue weighted by atomic mass is 9.61. The van der Waals surface area contributed by atoms with Crippen LogP contribution < -0.4 is 4.90 Å². The highest BCUT2D eigenvalue weighted by Crippen LogP contribution is 2.57. The normalized spacial score (nSPS) is 18.6. The first kappa shape index (κ1) is 38.8. The molecular weight excluding hydrogens is 723 g/mol. The summed E-state index contributed by atoms with van der Waals surface area (Å²) in [7, 11) is 0. The summed E-state index contributed by atoms with van der Waals surface area (Å²) in [6.45, 7) is 24.5. The molecule has 302 valence electrons. The number of hydrogen-bond donors (Lipinski definition) is 0. The van der Waals surface area contributed by atoms with Crippen molar-refractivity contribution in [3.05, 3.63) is 173 Å². The number of rotatable bonds is 5. The predicted molar refractivity (Wildman–Crippen MR) is 258 cm³/mol. The summed E-state index contributed by atoms with van der Waals surface area (Å²) in [6, 6.07) is 53.8. The molecule has 7 aromatic carbocycles. The summed E-state index contributed by atoms with van der Waals surface area (Å²) in [6.07, 6.45) is 4.72. The van der Waals surface area contributed by atoms with E-state index in [0.717, 1.165) is 6.42 Å². The molecule has 1 nitrogen and oxygen atoms in total. The molecule has 0 bridgehead atoms. The molecule has 10 rings (SSSR count). The van der Waals surface area contributed by atoms with Crippen molar-refractivity contribution >= 4 is 27.8 Å². The molecule has 0 saturated carbocycles. The van der Waals surface area contributed by atoms with E-state index in [1.165, 1.54) is 114 Å². The molecule has 0 aromatic heterocycles. The highest BCUT2D eigenvalue weighted by Gasteiger charge is 2.42. The second-order valence-corrected chi connectivity index (χ2v) is 21.5. The number of nitrogens with zero attached hydrogens (tertiary/aromatic N) is 1. The van der Waals surface area contributed by atoms with Crippen LogP contribution in [-0.2, 0) is 27.1 Å². The number of fused-ring (bicyclic) bond motifs is 6. The van der Waals surface area contributed by atoms with Gasteiger partial charge in [0, 0.05) is 22.4 Å². The van der Waals surface area contributed by atoms with Crippen molar-refractivity contribution < 1.29 is 0 Å². The Morgan fingerprint density at radius 1 is 0.350 bits per heavy atom. The Morgan fingerprint density at radius 3 is 1.68 bits per heavy atom. The lowest BCUT2D eigenvalue weighted by Gasteiger charge is -2.44. The van der Waals surface area contributed by atoms with E-state index < -0.39 is 0 Å². The minimum absolute atomic E-state index is 0.0304. The maximum Gasteiger partial charge on any atom is 0.0543 e. The Morgan fingerprint density at radius 2 is 0.933 bits per heavy atom. The molecule has 3 aliphatic carbocycles. The fraction of sp³-hybridized carbons (Fsp3) is 0.322. The Kier molecular flexibility index (Phi) is 8.60. The van der Waals surface area contributed by atoms with E-state index in [1.54, 1.807) is 0 Å². The molecule has 3 aliphatic rings. The quantitative estimate of drug-likeness (QED) is 0.168. The van der Waals surface area contributed by atoms with Crippen molar-refractivity contribution in [2.24, 2.45) is 0 Å². The van der Waals surface area contributed by atoms with Gasteiger partial charge < -0.3 is 4.90 Å². The van der Waals surface area contributed by atoms with Crippen LogP contribution >= 0.6 is 0 Å². The standard InChI is InChI=1S/C59H61N/c1-55(2)30-31-57(5,6)52-35-43(28-29-49(52)55)60(42-26-24-39(25-27-42)41-23-22-38-16-11-12-17-40(38)34-41)53-37-51-46(44-18-13-14-20-48(44)59(51,9)10)36-47(53)45-19-15-21-50-54(45)58(7,8)33-32-56(50,3)4/h11-29,34-37H,30-33H2,1-10H3. The third-order valence-corrected chi connectivity index (χ3v) is 15.4. The Hall–Kier alpha value is -5.40. The highest BCUT2D eigenvalue weighted by atomic mass is 15.1. The van der Waals surface area contributed by atoms with Crippen LogP contribution in [0.2, 0.25) is 0 Å². The monoisotopic (exact) mass is 783 g/mol. The average Bonchev–Trinajstić information content (AvgIpc) is 3.46. The van der Waals surface area contributed by atoms with E-state index in [4.69, 9.17) is 0 Å². The van der Waals surface area contributed by atoms with Gasteiger partial charge in [0.25, 0.3) is 0 Å². The van der Waals surface area contributed by atoms with Gasteiger partial charge in [0.15, 0.2) is 0 Å². The van der Waals surface area contributed by atoms with E-state index in [0.29, 0.717) is 0 Å². The Bertz CT molecular complexity index is 2840. The van der Waals surface area contributed by atoms with Crippen molar-refractivity contribution in [1.82, 2.24) is 0 Å². The zero-order valence-electron chi connectivity index (χ0n) is 37.6. The van der Waals surface area contributed by atoms with Crippen LogP contribution in [0.4, 0.5) is 17.1 Å². The molecular formula is C59H61N. The van der Waals surface area contributed by atoms with Gasteiger partial charge in [-0.25, -0.2) is 0 Å². The van der Waals surface area contributed by atoms with Gasteiger partial charge in [0.2, 0.25) is 0 Å². The largest absolute Gasteiger partial charge is 0.310 e. The second kappa shape index (κ2) is 13.3. The van der Waals surface area contributed by atoms with E-state index in [1.807, 2.05) is 0 Å². The second-order valence-electron chi connectivity index (χ2n) is 21.5. The van der Waals surface area contributed by atoms with Crippen LogP contribution in [0.1, 0.15) is 128 Å². The molecule has 1 heteroatoms. The summed E-state index contributed by atoms with van der Waals surface area (Å²) in [5.74, 6) is 0. The summed E-state index contributed by atoms with van der Waals surface area (Å²) in [5, 5.41) is 2.54. The third-order valence-electron chi connectivity index (χ3n) is 15.4. The molecule has 0 N–H and O–H groups in total. The van der Waals surface area contributed by atoms with E-state index >= 15 is 0 Å². The first-order chi connectivity index (χ1) is 28.5. The highest BCUT2D eigenvalue weighted by molar-refractivity contribution is 5.96. The minimum atomic E-state index is -0.149. The van der Waals surface area contributed by atoms with Gasteiger partial charge in [-0.1, -0.05) is 166 Å². The van der Waals surface area contributed by atoms with Crippen molar-refractivity contribution in [1.29, 1.82) is 0 Å². The van der Waals surface area contributed by atoms with Gasteiger partial charge in [-0.3, -0.25) is 0 Å². The molecule has 0 spiro atoms. The summed E-state index contributed by atoms with van der Waals surface area (Å²) < 4.78 is 0. The molecule has 0 radical (unpaired) electrons. The molecule has 0 amide bonds. The number of anilines is 3. The molecule has 0 saturated heterocycles. The SMILES string of the molecule is CC1(C)CCC(C)(C)c2cc(N(c3ccc(-c4ccc5ccccc5c4)cc3)c3cc4c(cc3-c3cccc5c3C(C)(C)CCC5(C)C)-c3ccccc3C4(C)C)ccc21. The van der Waals surface area contributed by atoms with Gasteiger partial charge in [0.1, 0.15) is 0 Å². The smallest absolute Gasteiger partial charge is 0.0543 e. The van der Waals surface area contributed by atoms with Gasteiger partial charge in [0.05, 0.1) is 5.69 Å². The topological polar surface area (TPSA) is 3.24 Å². The lowest BCUT2D eigenvalue weighted by molar-refractivity contribution is 0.332. The van der Waals surface area contributed by atoms with Crippen LogP contribution in [0.15, 0.2) is 140 Å². The molecule has 0 fully saturated rings. The average molecular weight is 784 g/mol. The number of hydrogen-bond acceptors (Lipinski definition) is 1. The summed E-state index contributed by atoms with van der Waals surface area (Å²) in [4.78, 5) is 2.61. The van der Waals surface area contributed by atoms with Crippen LogP contribution in [-0.4, -0.2) is 0 Å². The zero-order chi connectivity index (χ0) is 42.0. The summed E-state index contributed by atoms with van der Waals surface area (Å²) >= 11 is 0. The van der Waals surface area contributed by atoms with Gasteiger partial charge in [-0.2, -0.15) is 0 Å². The van der Waals surface area contributed by atoms with Crippen LogP contribution in [0.25, 0.3) is 44.2 Å². The van der Waals surface area contributed by atoms with Crippen molar-refractivity contribution in [2.75, 3.05) is 4.90 Å². The first-order valence-electron chi connectivity index (χ1n) is 22.4. The maximum atomic E-state index is 2.61. The molecule has 0 atom stereocenters. The van der Waals surface area contributed by atoms with Crippen LogP contribution in [0.5, 0.6) is 0 Å². The lowest BCUT2D eigenvalue weighted by Crippen LogP contribution is -2.34. The van der Waals surface area contributed by atoms with Crippen LogP contribution in [0, 0.1) is 0 Å². The van der Waals surface area contributed by atoms with Gasteiger partial charge in [-0.05, 0) is 162 Å². The molecule has 0 heterocycles. The molecule has 7 aromatic rings. The van der Waals surface area contributed by atoms with Crippen molar-refractivity contribution in [3.63, 3.8) is 0 Å².